The van der Waals surface area contributed by atoms with Crippen molar-refractivity contribution in [3.8, 4) is 5.75 Å². The summed E-state index contributed by atoms with van der Waals surface area (Å²) < 4.78 is 53.7. The topological polar surface area (TPSA) is 94.2 Å². The molecular weight excluding hydrogens is 445 g/mol. The summed E-state index contributed by atoms with van der Waals surface area (Å²) in [4.78, 5) is 37.6. The van der Waals surface area contributed by atoms with E-state index in [4.69, 9.17) is 14.2 Å². The van der Waals surface area contributed by atoms with Crippen LogP contribution >= 0.6 is 0 Å². The molecule has 0 aliphatic carbocycles. The highest BCUT2D eigenvalue weighted by Gasteiger charge is 2.30. The van der Waals surface area contributed by atoms with Gasteiger partial charge in [-0.1, -0.05) is 6.07 Å². The molecule has 176 valence electrons. The number of halogens is 3. The molecule has 2 aromatic carbocycles. The number of nitrogens with zero attached hydrogens (tertiary/aromatic N) is 1. The molecule has 1 aliphatic heterocycles. The van der Waals surface area contributed by atoms with Crippen molar-refractivity contribution in [1.29, 1.82) is 0 Å². The average Bonchev–Trinajstić information content (AvgIpc) is 2.81. The van der Waals surface area contributed by atoms with Crippen LogP contribution in [-0.2, 0) is 25.2 Å². The summed E-state index contributed by atoms with van der Waals surface area (Å²) in [5, 5.41) is 2.33. The zero-order valence-corrected chi connectivity index (χ0v) is 17.4. The van der Waals surface area contributed by atoms with E-state index in [1.165, 1.54) is 36.4 Å². The van der Waals surface area contributed by atoms with Crippen LogP contribution in [0.2, 0.25) is 0 Å². The Hall–Kier alpha value is -3.60. The highest BCUT2D eigenvalue weighted by atomic mass is 19.4. The Balaban J connectivity index is 1.45. The largest absolute Gasteiger partial charge is 0.484 e. The minimum Gasteiger partial charge on any atom is -0.484 e. The van der Waals surface area contributed by atoms with Crippen LogP contribution in [0.3, 0.4) is 0 Å². The lowest BCUT2D eigenvalue weighted by Crippen LogP contribution is -2.42. The number of esters is 1. The number of benzene rings is 2. The maximum absolute atomic E-state index is 12.7. The molecule has 0 bridgehead atoms. The van der Waals surface area contributed by atoms with E-state index in [0.717, 1.165) is 12.1 Å². The van der Waals surface area contributed by atoms with Gasteiger partial charge in [-0.3, -0.25) is 9.59 Å². The van der Waals surface area contributed by atoms with Gasteiger partial charge in [0.05, 0.1) is 24.3 Å². The number of hydrogen-bond donors (Lipinski definition) is 1. The number of carbonyl (C=O) groups excluding carboxylic acids is 3. The first kappa shape index (κ1) is 24.1. The van der Waals surface area contributed by atoms with Crippen molar-refractivity contribution in [2.45, 2.75) is 6.18 Å². The number of hydrogen-bond acceptors (Lipinski definition) is 6. The molecule has 0 radical (unpaired) electrons. The first-order valence-corrected chi connectivity index (χ1v) is 9.95. The third-order valence-corrected chi connectivity index (χ3v) is 4.62. The van der Waals surface area contributed by atoms with E-state index >= 15 is 0 Å². The van der Waals surface area contributed by atoms with Crippen molar-refractivity contribution in [1.82, 2.24) is 4.90 Å². The van der Waals surface area contributed by atoms with Gasteiger partial charge in [-0.2, -0.15) is 13.2 Å². The molecule has 8 nitrogen and oxygen atoms in total. The van der Waals surface area contributed by atoms with E-state index in [-0.39, 0.29) is 29.5 Å². The SMILES string of the molecule is O=C(COc1ccc(C(=O)OCC(=O)N2CCOCC2)cc1)Nc1cccc(C(F)(F)F)c1. The number of ether oxygens (including phenoxy) is 3. The molecule has 0 saturated carbocycles. The van der Waals surface area contributed by atoms with Gasteiger partial charge in [-0.25, -0.2) is 4.79 Å². The smallest absolute Gasteiger partial charge is 0.416 e. The first-order valence-electron chi connectivity index (χ1n) is 9.95. The molecule has 1 fully saturated rings. The number of nitrogens with one attached hydrogen (secondary N) is 1. The zero-order valence-electron chi connectivity index (χ0n) is 17.4. The van der Waals surface area contributed by atoms with Gasteiger partial charge in [0.25, 0.3) is 11.8 Å². The Morgan fingerprint density at radius 1 is 1.00 bits per heavy atom. The molecule has 1 aliphatic rings. The molecule has 3 rings (SSSR count). The van der Waals surface area contributed by atoms with Crippen LogP contribution in [0.4, 0.5) is 18.9 Å². The van der Waals surface area contributed by atoms with Crippen LogP contribution in [-0.4, -0.2) is 62.2 Å². The quantitative estimate of drug-likeness (QED) is 0.631. The van der Waals surface area contributed by atoms with E-state index in [9.17, 15) is 27.6 Å². The van der Waals surface area contributed by atoms with Crippen LogP contribution in [0, 0.1) is 0 Å². The summed E-state index contributed by atoms with van der Waals surface area (Å²) in [6.07, 6.45) is -4.52. The Kier molecular flexibility index (Phi) is 7.88. The second kappa shape index (κ2) is 10.8. The Labute approximate surface area is 187 Å². The molecule has 0 atom stereocenters. The maximum Gasteiger partial charge on any atom is 0.416 e. The summed E-state index contributed by atoms with van der Waals surface area (Å²) in [6.45, 7) is 0.951. The number of amides is 2. The molecule has 1 saturated heterocycles. The van der Waals surface area contributed by atoms with E-state index in [1.54, 1.807) is 4.90 Å². The fourth-order valence-corrected chi connectivity index (χ4v) is 2.92. The fourth-order valence-electron chi connectivity index (χ4n) is 2.92. The highest BCUT2D eigenvalue weighted by molar-refractivity contribution is 5.92. The number of rotatable bonds is 7. The summed E-state index contributed by atoms with van der Waals surface area (Å²) in [5.41, 5.74) is -0.705. The predicted octanol–water partition coefficient (Wildman–Crippen LogP) is 2.74. The van der Waals surface area contributed by atoms with Crippen molar-refractivity contribution >= 4 is 23.5 Å². The van der Waals surface area contributed by atoms with Crippen molar-refractivity contribution in [3.05, 3.63) is 59.7 Å². The van der Waals surface area contributed by atoms with E-state index < -0.39 is 30.2 Å². The Bertz CT molecular complexity index is 988. The number of morpholine rings is 1. The van der Waals surface area contributed by atoms with Gasteiger partial charge < -0.3 is 24.4 Å². The van der Waals surface area contributed by atoms with Crippen LogP contribution in [0.15, 0.2) is 48.5 Å². The van der Waals surface area contributed by atoms with E-state index in [2.05, 4.69) is 5.32 Å². The molecular formula is C22H21F3N2O6. The third-order valence-electron chi connectivity index (χ3n) is 4.62. The van der Waals surface area contributed by atoms with Crippen molar-refractivity contribution in [3.63, 3.8) is 0 Å². The summed E-state index contributed by atoms with van der Waals surface area (Å²) >= 11 is 0. The van der Waals surface area contributed by atoms with E-state index in [1.807, 2.05) is 0 Å². The second-order valence-electron chi connectivity index (χ2n) is 7.01. The fraction of sp³-hybridized carbons (Fsp3) is 0.318. The lowest BCUT2D eigenvalue weighted by atomic mass is 10.2. The number of carbonyl (C=O) groups is 3. The molecule has 0 spiro atoms. The number of alkyl halides is 3. The van der Waals surface area contributed by atoms with Gasteiger partial charge in [-0.05, 0) is 42.5 Å². The van der Waals surface area contributed by atoms with Crippen molar-refractivity contribution in [2.24, 2.45) is 0 Å². The maximum atomic E-state index is 12.7. The average molecular weight is 466 g/mol. The van der Waals surface area contributed by atoms with E-state index in [0.29, 0.717) is 26.3 Å². The highest BCUT2D eigenvalue weighted by Crippen LogP contribution is 2.30. The van der Waals surface area contributed by atoms with Crippen LogP contribution < -0.4 is 10.1 Å². The second-order valence-corrected chi connectivity index (χ2v) is 7.01. The van der Waals surface area contributed by atoms with Gasteiger partial charge in [0.1, 0.15) is 5.75 Å². The molecule has 0 aromatic heterocycles. The van der Waals surface area contributed by atoms with Gasteiger partial charge >= 0.3 is 12.1 Å². The molecule has 1 N–H and O–H groups in total. The lowest BCUT2D eigenvalue weighted by Gasteiger charge is -2.26. The molecule has 0 unspecified atom stereocenters. The predicted molar refractivity (Wildman–Crippen MR) is 110 cm³/mol. The molecule has 33 heavy (non-hydrogen) atoms. The van der Waals surface area contributed by atoms with Crippen molar-refractivity contribution in [2.75, 3.05) is 44.8 Å². The van der Waals surface area contributed by atoms with Gasteiger partial charge in [-0.15, -0.1) is 0 Å². The summed E-state index contributed by atoms with van der Waals surface area (Å²) in [5.74, 6) is -1.39. The number of anilines is 1. The molecule has 2 amide bonds. The molecule has 11 heteroatoms. The zero-order chi connectivity index (χ0) is 23.8. The first-order chi connectivity index (χ1) is 15.7. The van der Waals surface area contributed by atoms with Gasteiger partial charge in [0.2, 0.25) is 0 Å². The third kappa shape index (κ3) is 7.21. The molecule has 1 heterocycles. The van der Waals surface area contributed by atoms with Crippen molar-refractivity contribution < 1.29 is 41.8 Å². The monoisotopic (exact) mass is 466 g/mol. The Morgan fingerprint density at radius 3 is 2.36 bits per heavy atom. The standard InChI is InChI=1S/C22H21F3N2O6/c23-22(24,25)16-2-1-3-17(12-16)26-19(28)13-32-18-6-4-15(5-7-18)21(30)33-14-20(29)27-8-10-31-11-9-27/h1-7,12H,8-11,13-14H2,(H,26,28). The summed E-state index contributed by atoms with van der Waals surface area (Å²) in [7, 11) is 0. The van der Waals surface area contributed by atoms with Crippen LogP contribution in [0.5, 0.6) is 5.75 Å². The lowest BCUT2D eigenvalue weighted by molar-refractivity contribution is -0.138. The van der Waals surface area contributed by atoms with Crippen LogP contribution in [0.1, 0.15) is 15.9 Å². The Morgan fingerprint density at radius 2 is 1.70 bits per heavy atom. The minimum atomic E-state index is -4.52. The van der Waals surface area contributed by atoms with Gasteiger partial charge in [0, 0.05) is 18.8 Å². The normalized spacial score (nSPS) is 13.8. The summed E-state index contributed by atoms with van der Waals surface area (Å²) in [6, 6.07) is 9.90. The minimum absolute atomic E-state index is 0.0110. The molecule has 2 aromatic rings. The van der Waals surface area contributed by atoms with Gasteiger partial charge in [0.15, 0.2) is 13.2 Å². The van der Waals surface area contributed by atoms with Crippen LogP contribution in [0.25, 0.3) is 0 Å².